The van der Waals surface area contributed by atoms with Crippen molar-refractivity contribution in [2.75, 3.05) is 0 Å². The van der Waals surface area contributed by atoms with E-state index < -0.39 is 0 Å². The van der Waals surface area contributed by atoms with Crippen LogP contribution in [-0.2, 0) is 9.59 Å². The van der Waals surface area contributed by atoms with Crippen molar-refractivity contribution in [1.29, 1.82) is 15.9 Å². The van der Waals surface area contributed by atoms with Crippen LogP contribution in [0.5, 0.6) is 0 Å². The Hall–Kier alpha value is -4.18. The van der Waals surface area contributed by atoms with Gasteiger partial charge in [0, 0.05) is 30.7 Å². The minimum atomic E-state index is -0.299. The van der Waals surface area contributed by atoms with Crippen molar-refractivity contribution in [3.63, 3.8) is 0 Å². The van der Waals surface area contributed by atoms with Gasteiger partial charge in [-0.3, -0.25) is 10.2 Å². The van der Waals surface area contributed by atoms with Gasteiger partial charge in [-0.2, -0.15) is 15.5 Å². The molecule has 0 aliphatic carbocycles. The molecule has 0 atom stereocenters. The second kappa shape index (κ2) is 16.7. The Balaban J connectivity index is 0.000000349. The monoisotopic (exact) mass is 614 g/mol. The van der Waals surface area contributed by atoms with Crippen molar-refractivity contribution in [3.8, 4) is 23.5 Å². The highest BCUT2D eigenvalue weighted by molar-refractivity contribution is 6.30. The third-order valence-corrected chi connectivity index (χ3v) is 5.03. The van der Waals surface area contributed by atoms with E-state index in [1.807, 2.05) is 12.1 Å². The van der Waals surface area contributed by atoms with Gasteiger partial charge in [0.05, 0.1) is 40.2 Å². The van der Waals surface area contributed by atoms with Crippen LogP contribution in [0.4, 0.5) is 0 Å². The molecular formula is C28H22Cl4N6O2. The molecule has 0 saturated carbocycles. The third kappa shape index (κ3) is 10.9. The normalized spacial score (nSPS) is 9.82. The molecule has 2 heterocycles. The summed E-state index contributed by atoms with van der Waals surface area (Å²) in [4.78, 5) is 24.3. The number of amides is 1. The van der Waals surface area contributed by atoms with Gasteiger partial charge in [0.15, 0.2) is 11.6 Å². The number of halogens is 4. The fourth-order valence-electron chi connectivity index (χ4n) is 3.07. The zero-order chi connectivity index (χ0) is 28.9. The first-order valence-electron chi connectivity index (χ1n) is 11.1. The molecule has 0 spiro atoms. The summed E-state index contributed by atoms with van der Waals surface area (Å²) in [5, 5.41) is 26.3. The van der Waals surface area contributed by atoms with Crippen molar-refractivity contribution < 1.29 is 33.6 Å². The molecule has 12 heteroatoms. The number of carbonyl (C=O) groups excluding carboxylic acids is 2. The zero-order valence-corrected chi connectivity index (χ0v) is 24.3. The first-order chi connectivity index (χ1) is 18.5. The summed E-state index contributed by atoms with van der Waals surface area (Å²) in [6.45, 7) is 2.72. The lowest BCUT2D eigenvalue weighted by molar-refractivity contribution is -0.302. The molecule has 2 aromatic carbocycles. The maximum absolute atomic E-state index is 11.1. The number of rotatable bonds is 2. The van der Waals surface area contributed by atoms with Crippen LogP contribution >= 0.6 is 23.2 Å². The second-order valence-electron chi connectivity index (χ2n) is 7.62. The summed E-state index contributed by atoms with van der Waals surface area (Å²) in [5.41, 5.74) is 3.35. The highest BCUT2D eigenvalue weighted by Crippen LogP contribution is 2.12. The van der Waals surface area contributed by atoms with E-state index in [2.05, 4.69) is 28.7 Å². The van der Waals surface area contributed by atoms with E-state index in [0.29, 0.717) is 32.1 Å². The van der Waals surface area contributed by atoms with E-state index in [4.69, 9.17) is 39.1 Å². The Morgan fingerprint density at radius 1 is 0.825 bits per heavy atom. The van der Waals surface area contributed by atoms with Crippen LogP contribution in [-0.4, -0.2) is 20.3 Å². The topological polar surface area (TPSA) is 128 Å². The quantitative estimate of drug-likeness (QED) is 0.345. The summed E-state index contributed by atoms with van der Waals surface area (Å²) in [6, 6.07) is 24.8. The second-order valence-corrected chi connectivity index (χ2v) is 9.07. The minimum Gasteiger partial charge on any atom is -1.00 e. The summed E-state index contributed by atoms with van der Waals surface area (Å²) in [7, 11) is 0. The fourth-order valence-corrected chi connectivity index (χ4v) is 3.39. The lowest BCUT2D eigenvalue weighted by atomic mass is 10.2. The SMILES string of the molecule is CC(=O)N=c1ccc(Cl)cn1-c1cccc(C#N)c1.CC(=O)[ClH+].N#Cc1cccc(-n2cc(Cl)ccc2=N)c1.[Cl-]. The highest BCUT2D eigenvalue weighted by atomic mass is 35.5. The van der Waals surface area contributed by atoms with E-state index in [1.54, 1.807) is 82.2 Å². The highest BCUT2D eigenvalue weighted by Gasteiger charge is 2.02. The van der Waals surface area contributed by atoms with E-state index in [-0.39, 0.29) is 23.6 Å². The lowest BCUT2D eigenvalue weighted by Crippen LogP contribution is -3.00. The van der Waals surface area contributed by atoms with Gasteiger partial charge in [-0.15, -0.1) is 0 Å². The maximum Gasteiger partial charge on any atom is 0.396 e. The molecule has 0 aliphatic rings. The predicted molar refractivity (Wildman–Crippen MR) is 145 cm³/mol. The molecule has 1 N–H and O–H groups in total. The van der Waals surface area contributed by atoms with Crippen molar-refractivity contribution in [3.05, 3.63) is 117 Å². The van der Waals surface area contributed by atoms with Gasteiger partial charge in [-0.05, 0) is 60.7 Å². The van der Waals surface area contributed by atoms with Gasteiger partial charge in [-0.1, -0.05) is 35.3 Å². The number of hydrogen-bond acceptors (Lipinski definition) is 5. The molecule has 4 aromatic rings. The minimum absolute atomic E-state index is 0. The molecule has 0 bridgehead atoms. The van der Waals surface area contributed by atoms with Crippen molar-refractivity contribution >= 4 is 34.4 Å². The molecule has 0 saturated heterocycles. The number of aromatic nitrogens is 2. The van der Waals surface area contributed by atoms with Crippen molar-refractivity contribution in [2.45, 2.75) is 13.8 Å². The molecule has 40 heavy (non-hydrogen) atoms. The molecule has 0 radical (unpaired) electrons. The molecule has 0 aliphatic heterocycles. The Morgan fingerprint density at radius 3 is 1.75 bits per heavy atom. The number of hydrogen-bond donors (Lipinski definition) is 1. The number of nitriles is 2. The molecule has 204 valence electrons. The smallest absolute Gasteiger partial charge is 0.396 e. The first kappa shape index (κ1) is 33.8. The van der Waals surface area contributed by atoms with E-state index in [0.717, 1.165) is 11.4 Å². The van der Waals surface area contributed by atoms with Crippen LogP contribution < -0.4 is 23.4 Å². The number of benzene rings is 2. The van der Waals surface area contributed by atoms with Crippen LogP contribution in [0.2, 0.25) is 10.0 Å². The maximum atomic E-state index is 11.1. The molecule has 0 unspecified atom stereocenters. The van der Waals surface area contributed by atoms with E-state index >= 15 is 0 Å². The Morgan fingerprint density at radius 2 is 1.27 bits per heavy atom. The number of pyridine rings is 2. The average Bonchev–Trinajstić information content (AvgIpc) is 2.91. The van der Waals surface area contributed by atoms with Crippen LogP contribution in [0.15, 0.2) is 90.2 Å². The van der Waals surface area contributed by atoms with E-state index in [9.17, 15) is 9.59 Å². The van der Waals surface area contributed by atoms with Gasteiger partial charge < -0.3 is 21.5 Å². The average molecular weight is 616 g/mol. The molecule has 4 rings (SSSR count). The first-order valence-corrected chi connectivity index (χ1v) is 12.3. The van der Waals surface area contributed by atoms with Crippen molar-refractivity contribution in [1.82, 2.24) is 9.13 Å². The standard InChI is InChI=1S/C14H10ClN3O.C12H8ClN3.C2H4ClO.ClH/c1-10(19)17-14-6-5-12(15)9-18(14)13-4-2-3-11(7-13)8-16;13-10-4-5-12(15)16(8-10)11-3-1-2-9(6-11)7-14;1-2(3)4;/h2-7,9H,1H3;1-6,8,15H;3H,1H3;1H/q;;+1;/p-1. The molecular weight excluding hydrogens is 594 g/mol. The van der Waals surface area contributed by atoms with Crippen LogP contribution in [0, 0.1) is 39.7 Å². The van der Waals surface area contributed by atoms with Crippen LogP contribution in [0.1, 0.15) is 25.0 Å². The third-order valence-electron chi connectivity index (χ3n) is 4.58. The van der Waals surface area contributed by atoms with Crippen LogP contribution in [0.3, 0.4) is 0 Å². The van der Waals surface area contributed by atoms with Gasteiger partial charge in [0.1, 0.15) is 11.0 Å². The summed E-state index contributed by atoms with van der Waals surface area (Å²) >= 11 is 15.8. The summed E-state index contributed by atoms with van der Waals surface area (Å²) in [5.74, 6) is -0.299. The van der Waals surface area contributed by atoms with Crippen molar-refractivity contribution in [2.24, 2.45) is 4.99 Å². The lowest BCUT2D eigenvalue weighted by Gasteiger charge is -2.08. The van der Waals surface area contributed by atoms with E-state index in [1.165, 1.54) is 13.8 Å². The Kier molecular flexibility index (Phi) is 14.1. The summed E-state index contributed by atoms with van der Waals surface area (Å²) in [6.07, 6.45) is 3.31. The molecule has 1 amide bonds. The fraction of sp³-hybridized carbons (Fsp3) is 0.0714. The van der Waals surface area contributed by atoms with Gasteiger partial charge in [-0.25, -0.2) is 4.79 Å². The number of carbonyl (C=O) groups is 2. The molecule has 2 aromatic heterocycles. The van der Waals surface area contributed by atoms with Gasteiger partial charge in [0.2, 0.25) is 5.91 Å². The largest absolute Gasteiger partial charge is 1.00 e. The molecule has 0 fully saturated rings. The van der Waals surface area contributed by atoms with Crippen LogP contribution in [0.25, 0.3) is 11.4 Å². The predicted octanol–water partition coefficient (Wildman–Crippen LogP) is 1.75. The summed E-state index contributed by atoms with van der Waals surface area (Å²) < 4.78 is 3.30. The Labute approximate surface area is 251 Å². The molecule has 8 nitrogen and oxygen atoms in total. The number of nitrogens with zero attached hydrogens (tertiary/aromatic N) is 5. The Bertz CT molecular complexity index is 1710. The zero-order valence-electron chi connectivity index (χ0n) is 21.2. The van der Waals surface area contributed by atoms with Gasteiger partial charge in [0.25, 0.3) is 0 Å². The van der Waals surface area contributed by atoms with Gasteiger partial charge >= 0.3 is 5.24 Å². The number of nitrogens with one attached hydrogen (secondary N) is 1.